The maximum absolute atomic E-state index is 12.1. The summed E-state index contributed by atoms with van der Waals surface area (Å²) in [6.45, 7) is 11.6. The van der Waals surface area contributed by atoms with Gasteiger partial charge in [-0.15, -0.1) is 0 Å². The smallest absolute Gasteiger partial charge is 0.223 e. The zero-order chi connectivity index (χ0) is 12.3. The number of nitrogens with one attached hydrogen (secondary N) is 1. The first-order valence-electron chi connectivity index (χ1n) is 6.36. The zero-order valence-electron chi connectivity index (χ0n) is 11.2. The van der Waals surface area contributed by atoms with E-state index in [0.717, 1.165) is 13.0 Å². The molecule has 0 radical (unpaired) electrons. The highest BCUT2D eigenvalue weighted by Crippen LogP contribution is 2.33. The molecule has 0 fully saturated rings. The second kappa shape index (κ2) is 5.51. The molecule has 16 heavy (non-hydrogen) atoms. The molecular weight excluding hydrogens is 198 g/mol. The average Bonchev–Trinajstić information content (AvgIpc) is 2.19. The molecule has 0 spiro atoms. The lowest BCUT2D eigenvalue weighted by molar-refractivity contribution is -0.127. The SMILES string of the molecule is CC1=C[C@H](C)[C@@H](C)[C@@H](C(=O)NCC(C)C)C1. The van der Waals surface area contributed by atoms with E-state index in [1.165, 1.54) is 5.57 Å². The van der Waals surface area contributed by atoms with E-state index in [2.05, 4.69) is 46.0 Å². The van der Waals surface area contributed by atoms with E-state index in [-0.39, 0.29) is 11.8 Å². The Bertz CT molecular complexity index is 280. The minimum atomic E-state index is 0.166. The van der Waals surface area contributed by atoms with Gasteiger partial charge in [0, 0.05) is 12.5 Å². The van der Waals surface area contributed by atoms with Crippen LogP contribution < -0.4 is 5.32 Å². The van der Waals surface area contributed by atoms with Crippen LogP contribution in [-0.2, 0) is 4.79 Å². The highest BCUT2D eigenvalue weighted by atomic mass is 16.1. The highest BCUT2D eigenvalue weighted by Gasteiger charge is 2.31. The average molecular weight is 223 g/mol. The second-order valence-electron chi connectivity index (χ2n) is 5.68. The predicted octanol–water partition coefficient (Wildman–Crippen LogP) is 3.00. The van der Waals surface area contributed by atoms with Crippen LogP contribution in [0, 0.1) is 23.7 Å². The van der Waals surface area contributed by atoms with E-state index < -0.39 is 0 Å². The van der Waals surface area contributed by atoms with Crippen LogP contribution in [0.4, 0.5) is 0 Å². The van der Waals surface area contributed by atoms with Crippen molar-refractivity contribution in [3.63, 3.8) is 0 Å². The van der Waals surface area contributed by atoms with Gasteiger partial charge in [0.15, 0.2) is 0 Å². The van der Waals surface area contributed by atoms with Crippen molar-refractivity contribution >= 4 is 5.91 Å². The number of carbonyl (C=O) groups excluding carboxylic acids is 1. The van der Waals surface area contributed by atoms with Crippen LogP contribution in [0.15, 0.2) is 11.6 Å². The van der Waals surface area contributed by atoms with Gasteiger partial charge in [-0.3, -0.25) is 4.79 Å². The maximum atomic E-state index is 12.1. The first-order chi connectivity index (χ1) is 7.41. The summed E-state index contributed by atoms with van der Waals surface area (Å²) < 4.78 is 0. The Labute approximate surface area is 99.5 Å². The molecule has 2 nitrogen and oxygen atoms in total. The Hall–Kier alpha value is -0.790. The molecule has 1 aliphatic carbocycles. The van der Waals surface area contributed by atoms with Crippen molar-refractivity contribution in [1.82, 2.24) is 5.32 Å². The molecule has 92 valence electrons. The van der Waals surface area contributed by atoms with Gasteiger partial charge in [0.25, 0.3) is 0 Å². The largest absolute Gasteiger partial charge is 0.356 e. The van der Waals surface area contributed by atoms with Crippen molar-refractivity contribution in [2.45, 2.75) is 41.0 Å². The van der Waals surface area contributed by atoms with E-state index >= 15 is 0 Å². The zero-order valence-corrected chi connectivity index (χ0v) is 11.2. The van der Waals surface area contributed by atoms with E-state index in [1.54, 1.807) is 0 Å². The summed E-state index contributed by atoms with van der Waals surface area (Å²) >= 11 is 0. The van der Waals surface area contributed by atoms with E-state index in [0.29, 0.717) is 17.8 Å². The molecule has 1 aliphatic rings. The van der Waals surface area contributed by atoms with E-state index in [1.807, 2.05) is 0 Å². The van der Waals surface area contributed by atoms with Crippen molar-refractivity contribution in [2.24, 2.45) is 23.7 Å². The third-order valence-corrected chi connectivity index (χ3v) is 3.57. The minimum absolute atomic E-state index is 0.166. The van der Waals surface area contributed by atoms with Crippen LogP contribution >= 0.6 is 0 Å². The predicted molar refractivity (Wildman–Crippen MR) is 68.0 cm³/mol. The summed E-state index contributed by atoms with van der Waals surface area (Å²) in [4.78, 5) is 12.1. The number of hydrogen-bond acceptors (Lipinski definition) is 1. The fourth-order valence-corrected chi connectivity index (χ4v) is 2.34. The van der Waals surface area contributed by atoms with Gasteiger partial charge in [-0.2, -0.15) is 0 Å². The molecule has 0 aromatic rings. The van der Waals surface area contributed by atoms with Crippen molar-refractivity contribution in [3.05, 3.63) is 11.6 Å². The van der Waals surface area contributed by atoms with Gasteiger partial charge in [0.05, 0.1) is 0 Å². The minimum Gasteiger partial charge on any atom is -0.356 e. The van der Waals surface area contributed by atoms with Crippen LogP contribution in [0.2, 0.25) is 0 Å². The lowest BCUT2D eigenvalue weighted by atomic mass is 9.75. The number of hydrogen-bond donors (Lipinski definition) is 1. The van der Waals surface area contributed by atoms with E-state index in [9.17, 15) is 4.79 Å². The third-order valence-electron chi connectivity index (χ3n) is 3.57. The highest BCUT2D eigenvalue weighted by molar-refractivity contribution is 5.79. The summed E-state index contributed by atoms with van der Waals surface area (Å²) in [6, 6.07) is 0. The molecule has 2 heteroatoms. The monoisotopic (exact) mass is 223 g/mol. The number of carbonyl (C=O) groups is 1. The molecule has 0 saturated heterocycles. The lowest BCUT2D eigenvalue weighted by Crippen LogP contribution is -2.39. The van der Waals surface area contributed by atoms with Crippen molar-refractivity contribution < 1.29 is 4.79 Å². The molecule has 0 bridgehead atoms. The molecule has 0 aromatic carbocycles. The molecular formula is C14H25NO. The number of amides is 1. The lowest BCUT2D eigenvalue weighted by Gasteiger charge is -2.31. The van der Waals surface area contributed by atoms with Gasteiger partial charge in [0.2, 0.25) is 5.91 Å². The van der Waals surface area contributed by atoms with Gasteiger partial charge in [0.1, 0.15) is 0 Å². The Morgan fingerprint density at radius 2 is 2.12 bits per heavy atom. The summed E-state index contributed by atoms with van der Waals surface area (Å²) in [6.07, 6.45) is 3.23. The third kappa shape index (κ3) is 3.36. The molecule has 0 aliphatic heterocycles. The number of rotatable bonds is 3. The first kappa shape index (κ1) is 13.3. The van der Waals surface area contributed by atoms with Crippen LogP contribution in [0.3, 0.4) is 0 Å². The Kier molecular flexibility index (Phi) is 4.57. The second-order valence-corrected chi connectivity index (χ2v) is 5.68. The molecule has 1 N–H and O–H groups in total. The van der Waals surface area contributed by atoms with Crippen LogP contribution in [-0.4, -0.2) is 12.5 Å². The Balaban J connectivity index is 2.59. The quantitative estimate of drug-likeness (QED) is 0.732. The van der Waals surface area contributed by atoms with Crippen LogP contribution in [0.1, 0.15) is 41.0 Å². The topological polar surface area (TPSA) is 29.1 Å². The summed E-state index contributed by atoms with van der Waals surface area (Å²) in [5, 5.41) is 3.06. The number of allylic oxidation sites excluding steroid dienone is 2. The van der Waals surface area contributed by atoms with Crippen LogP contribution in [0.25, 0.3) is 0 Å². The van der Waals surface area contributed by atoms with Gasteiger partial charge < -0.3 is 5.32 Å². The maximum Gasteiger partial charge on any atom is 0.223 e. The van der Waals surface area contributed by atoms with Gasteiger partial charge in [-0.05, 0) is 31.1 Å². The molecule has 0 heterocycles. The molecule has 1 rings (SSSR count). The van der Waals surface area contributed by atoms with Crippen molar-refractivity contribution in [2.75, 3.05) is 6.54 Å². The fraction of sp³-hybridized carbons (Fsp3) is 0.786. The standard InChI is InChI=1S/C14H25NO/c1-9(2)8-15-14(16)13-7-10(3)6-11(4)12(13)5/h6,9,11-13H,7-8H2,1-5H3,(H,15,16)/t11-,12+,13-/m0/s1. The van der Waals surface area contributed by atoms with E-state index in [4.69, 9.17) is 0 Å². The summed E-state index contributed by atoms with van der Waals surface area (Å²) in [5.41, 5.74) is 1.36. The fourth-order valence-electron chi connectivity index (χ4n) is 2.34. The molecule has 0 unspecified atom stereocenters. The Morgan fingerprint density at radius 1 is 1.50 bits per heavy atom. The molecule has 1 amide bonds. The Morgan fingerprint density at radius 3 is 2.69 bits per heavy atom. The van der Waals surface area contributed by atoms with Crippen LogP contribution in [0.5, 0.6) is 0 Å². The van der Waals surface area contributed by atoms with Gasteiger partial charge >= 0.3 is 0 Å². The summed E-state index contributed by atoms with van der Waals surface area (Å²) in [5.74, 6) is 1.90. The van der Waals surface area contributed by atoms with Crippen molar-refractivity contribution in [3.8, 4) is 0 Å². The normalized spacial score (nSPS) is 30.1. The molecule has 0 saturated carbocycles. The first-order valence-corrected chi connectivity index (χ1v) is 6.36. The van der Waals surface area contributed by atoms with Gasteiger partial charge in [-0.1, -0.05) is 39.3 Å². The summed E-state index contributed by atoms with van der Waals surface area (Å²) in [7, 11) is 0. The molecule has 3 atom stereocenters. The molecule has 0 aromatic heterocycles. The van der Waals surface area contributed by atoms with Crippen molar-refractivity contribution in [1.29, 1.82) is 0 Å². The van der Waals surface area contributed by atoms with Gasteiger partial charge in [-0.25, -0.2) is 0 Å².